The fourth-order valence-electron chi connectivity index (χ4n) is 1.90. The lowest BCUT2D eigenvalue weighted by Gasteiger charge is -2.31. The Bertz CT molecular complexity index is 611. The molecule has 1 N–H and O–H groups in total. The number of hydrogen-bond acceptors (Lipinski definition) is 1. The molecular weight excluding hydrogens is 312 g/mol. The van der Waals surface area contributed by atoms with Gasteiger partial charge >= 0.3 is 6.18 Å². The van der Waals surface area contributed by atoms with Gasteiger partial charge in [-0.3, -0.25) is 0 Å². The van der Waals surface area contributed by atoms with Crippen LogP contribution in [0.2, 0.25) is 10.0 Å². The number of hydrogen-bond donors (Lipinski definition) is 1. The van der Waals surface area contributed by atoms with E-state index in [1.165, 1.54) is 30.3 Å². The molecule has 2 rings (SSSR count). The van der Waals surface area contributed by atoms with Crippen LogP contribution in [0.15, 0.2) is 48.5 Å². The van der Waals surface area contributed by atoms with Gasteiger partial charge in [-0.05, 0) is 35.4 Å². The molecule has 0 bridgehead atoms. The largest absolute Gasteiger partial charge is 0.425 e. The zero-order valence-corrected chi connectivity index (χ0v) is 11.5. The molecule has 1 atom stereocenters. The maximum atomic E-state index is 13.4. The van der Waals surface area contributed by atoms with Gasteiger partial charge in [0, 0.05) is 10.0 Å². The third-order valence-corrected chi connectivity index (χ3v) is 3.40. The highest BCUT2D eigenvalue weighted by atomic mass is 35.5. The summed E-state index contributed by atoms with van der Waals surface area (Å²) in [6.07, 6.45) is -4.90. The summed E-state index contributed by atoms with van der Waals surface area (Å²) in [5.74, 6) is 0. The number of halogens is 5. The second-order valence-corrected chi connectivity index (χ2v) is 5.10. The molecule has 0 heterocycles. The topological polar surface area (TPSA) is 20.2 Å². The Labute approximate surface area is 123 Å². The van der Waals surface area contributed by atoms with Crippen molar-refractivity contribution in [3.05, 3.63) is 69.7 Å². The van der Waals surface area contributed by atoms with Gasteiger partial charge in [-0.15, -0.1) is 0 Å². The van der Waals surface area contributed by atoms with E-state index < -0.39 is 11.8 Å². The fourth-order valence-corrected chi connectivity index (χ4v) is 2.21. The summed E-state index contributed by atoms with van der Waals surface area (Å²) in [5, 5.41) is 10.7. The molecule has 0 aliphatic carbocycles. The Morgan fingerprint density at radius 3 is 1.90 bits per heavy atom. The first-order chi connectivity index (χ1) is 9.25. The quantitative estimate of drug-likeness (QED) is 0.843. The highest BCUT2D eigenvalue weighted by Crippen LogP contribution is 2.44. The first-order valence-electron chi connectivity index (χ1n) is 5.56. The van der Waals surface area contributed by atoms with Crippen molar-refractivity contribution in [2.24, 2.45) is 0 Å². The molecule has 0 aliphatic rings. The van der Waals surface area contributed by atoms with E-state index in [4.69, 9.17) is 23.2 Å². The highest BCUT2D eigenvalue weighted by Gasteiger charge is 2.56. The molecule has 0 aliphatic heterocycles. The van der Waals surface area contributed by atoms with Gasteiger partial charge < -0.3 is 5.11 Å². The van der Waals surface area contributed by atoms with Crippen LogP contribution in [0.1, 0.15) is 11.1 Å². The van der Waals surface area contributed by atoms with Crippen molar-refractivity contribution in [1.82, 2.24) is 0 Å². The lowest BCUT2D eigenvalue weighted by Crippen LogP contribution is -2.43. The van der Waals surface area contributed by atoms with E-state index in [2.05, 4.69) is 0 Å². The van der Waals surface area contributed by atoms with E-state index >= 15 is 0 Å². The van der Waals surface area contributed by atoms with E-state index in [1.807, 2.05) is 0 Å². The lowest BCUT2D eigenvalue weighted by atomic mass is 9.86. The Kier molecular flexibility index (Phi) is 4.00. The Morgan fingerprint density at radius 2 is 1.40 bits per heavy atom. The second kappa shape index (κ2) is 5.28. The van der Waals surface area contributed by atoms with Gasteiger partial charge in [0.1, 0.15) is 0 Å². The third-order valence-electron chi connectivity index (χ3n) is 2.91. The Hall–Kier alpha value is -1.23. The molecule has 0 spiro atoms. The van der Waals surface area contributed by atoms with Gasteiger partial charge in [0.25, 0.3) is 0 Å². The number of aliphatic hydroxyl groups is 1. The molecule has 0 amide bonds. The Balaban J connectivity index is 2.66. The summed E-state index contributed by atoms with van der Waals surface area (Å²) >= 11 is 11.4. The SMILES string of the molecule is O[C@@](c1ccc(Cl)cc1)(c1cccc(Cl)c1)C(F)(F)F. The molecule has 106 valence electrons. The number of rotatable bonds is 2. The van der Waals surface area contributed by atoms with Crippen LogP contribution in [0.3, 0.4) is 0 Å². The standard InChI is InChI=1S/C14H9Cl2F3O/c15-11-6-4-9(5-7-11)13(20,14(17,18)19)10-2-1-3-12(16)8-10/h1-8,20H/t13-/m0/s1. The van der Waals surface area contributed by atoms with E-state index in [1.54, 1.807) is 0 Å². The van der Waals surface area contributed by atoms with E-state index in [9.17, 15) is 18.3 Å². The normalized spacial score (nSPS) is 14.9. The molecule has 0 saturated heterocycles. The van der Waals surface area contributed by atoms with Gasteiger partial charge in [0.05, 0.1) is 0 Å². The van der Waals surface area contributed by atoms with Crippen molar-refractivity contribution in [2.45, 2.75) is 11.8 Å². The van der Waals surface area contributed by atoms with Gasteiger partial charge in [-0.25, -0.2) is 0 Å². The van der Waals surface area contributed by atoms with Gasteiger partial charge in [0.15, 0.2) is 0 Å². The molecule has 0 saturated carbocycles. The zero-order chi connectivity index (χ0) is 15.0. The summed E-state index contributed by atoms with van der Waals surface area (Å²) in [4.78, 5) is 0. The monoisotopic (exact) mass is 320 g/mol. The van der Waals surface area contributed by atoms with Crippen molar-refractivity contribution >= 4 is 23.2 Å². The molecule has 20 heavy (non-hydrogen) atoms. The van der Waals surface area contributed by atoms with E-state index in [-0.39, 0.29) is 21.2 Å². The third kappa shape index (κ3) is 2.64. The van der Waals surface area contributed by atoms with Crippen molar-refractivity contribution in [1.29, 1.82) is 0 Å². The first kappa shape index (κ1) is 15.2. The van der Waals surface area contributed by atoms with E-state index in [0.717, 1.165) is 18.2 Å². The van der Waals surface area contributed by atoms with Crippen LogP contribution in [-0.2, 0) is 5.60 Å². The average molecular weight is 321 g/mol. The van der Waals surface area contributed by atoms with Crippen molar-refractivity contribution in [2.75, 3.05) is 0 Å². The summed E-state index contributed by atoms with van der Waals surface area (Å²) < 4.78 is 40.1. The molecule has 0 radical (unpaired) electrons. The minimum absolute atomic E-state index is 0.110. The smallest absolute Gasteiger partial charge is 0.372 e. The molecule has 6 heteroatoms. The summed E-state index contributed by atoms with van der Waals surface area (Å²) in [5.41, 5.74) is -3.81. The van der Waals surface area contributed by atoms with E-state index in [0.29, 0.717) is 0 Å². The highest BCUT2D eigenvalue weighted by molar-refractivity contribution is 6.30. The van der Waals surface area contributed by atoms with Crippen LogP contribution in [0.4, 0.5) is 13.2 Å². The van der Waals surface area contributed by atoms with Crippen molar-refractivity contribution in [3.63, 3.8) is 0 Å². The summed E-state index contributed by atoms with van der Waals surface area (Å²) in [7, 11) is 0. The maximum absolute atomic E-state index is 13.4. The van der Waals surface area contributed by atoms with Crippen LogP contribution in [0.5, 0.6) is 0 Å². The predicted molar refractivity (Wildman–Crippen MR) is 72.0 cm³/mol. The molecule has 2 aromatic carbocycles. The van der Waals surface area contributed by atoms with Crippen LogP contribution < -0.4 is 0 Å². The predicted octanol–water partition coefficient (Wildman–Crippen LogP) is 4.79. The van der Waals surface area contributed by atoms with Crippen LogP contribution >= 0.6 is 23.2 Å². The van der Waals surface area contributed by atoms with Crippen LogP contribution in [-0.4, -0.2) is 11.3 Å². The number of benzene rings is 2. The summed E-state index contributed by atoms with van der Waals surface area (Å²) in [6, 6.07) is 9.90. The zero-order valence-electron chi connectivity index (χ0n) is 9.96. The van der Waals surface area contributed by atoms with Crippen LogP contribution in [0, 0.1) is 0 Å². The molecule has 0 fully saturated rings. The van der Waals surface area contributed by atoms with Gasteiger partial charge in [-0.2, -0.15) is 13.2 Å². The fraction of sp³-hybridized carbons (Fsp3) is 0.143. The van der Waals surface area contributed by atoms with Gasteiger partial charge in [0.2, 0.25) is 5.60 Å². The second-order valence-electron chi connectivity index (χ2n) is 4.23. The van der Waals surface area contributed by atoms with Crippen molar-refractivity contribution < 1.29 is 18.3 Å². The molecular formula is C14H9Cl2F3O. The molecule has 0 unspecified atom stereocenters. The maximum Gasteiger partial charge on any atom is 0.425 e. The molecule has 2 aromatic rings. The van der Waals surface area contributed by atoms with Crippen molar-refractivity contribution in [3.8, 4) is 0 Å². The average Bonchev–Trinajstić information content (AvgIpc) is 2.37. The molecule has 1 nitrogen and oxygen atoms in total. The minimum atomic E-state index is -4.90. The lowest BCUT2D eigenvalue weighted by molar-refractivity contribution is -0.248. The summed E-state index contributed by atoms with van der Waals surface area (Å²) in [6.45, 7) is 0. The van der Waals surface area contributed by atoms with Crippen LogP contribution in [0.25, 0.3) is 0 Å². The number of alkyl halides is 3. The molecule has 0 aromatic heterocycles. The first-order valence-corrected chi connectivity index (χ1v) is 6.32. The van der Waals surface area contributed by atoms with Gasteiger partial charge in [-0.1, -0.05) is 47.5 Å². The Morgan fingerprint density at radius 1 is 0.800 bits per heavy atom. The minimum Gasteiger partial charge on any atom is -0.372 e.